The smallest absolute Gasteiger partial charge is 0.342 e. The van der Waals surface area contributed by atoms with Crippen LogP contribution in [0.3, 0.4) is 0 Å². The highest BCUT2D eigenvalue weighted by atomic mass is 16.7. The average molecular weight is 392 g/mol. The maximum Gasteiger partial charge on any atom is 0.342 e. The first-order valence-corrected chi connectivity index (χ1v) is 8.99. The van der Waals surface area contributed by atoms with Gasteiger partial charge in [0.2, 0.25) is 0 Å². The predicted molar refractivity (Wildman–Crippen MR) is 106 cm³/mol. The lowest BCUT2D eigenvalue weighted by atomic mass is 9.94. The number of cyclic esters (lactones) is 1. The molecule has 0 saturated carbocycles. The fourth-order valence-electron chi connectivity index (χ4n) is 3.40. The molecule has 6 heteroatoms. The molecule has 0 aliphatic carbocycles. The minimum absolute atomic E-state index is 0.436. The summed E-state index contributed by atoms with van der Waals surface area (Å²) in [6.07, 6.45) is 0. The Balaban J connectivity index is 1.93. The number of hydrogen-bond donors (Lipinski definition) is 0. The van der Waals surface area contributed by atoms with Crippen molar-refractivity contribution < 1.29 is 28.5 Å². The van der Waals surface area contributed by atoms with Crippen LogP contribution in [-0.4, -0.2) is 27.3 Å². The van der Waals surface area contributed by atoms with Gasteiger partial charge in [0.1, 0.15) is 23.0 Å². The van der Waals surface area contributed by atoms with Crippen molar-refractivity contribution in [1.29, 1.82) is 0 Å². The number of hydrogen-bond acceptors (Lipinski definition) is 6. The molecular weight excluding hydrogens is 372 g/mol. The molecule has 0 saturated heterocycles. The normalized spacial score (nSPS) is 17.3. The number of carbonyl (C=O) groups is 1. The molecule has 4 rings (SSSR count). The van der Waals surface area contributed by atoms with Gasteiger partial charge in [-0.15, -0.1) is 0 Å². The van der Waals surface area contributed by atoms with Crippen LogP contribution in [0.1, 0.15) is 21.5 Å². The molecule has 0 N–H and O–H groups in total. The third-order valence-corrected chi connectivity index (χ3v) is 4.82. The van der Waals surface area contributed by atoms with E-state index in [9.17, 15) is 4.79 Å². The van der Waals surface area contributed by atoms with Gasteiger partial charge in [-0.1, -0.05) is 12.1 Å². The van der Waals surface area contributed by atoms with Crippen LogP contribution in [0, 0.1) is 0 Å². The van der Waals surface area contributed by atoms with E-state index in [-0.39, 0.29) is 0 Å². The zero-order valence-electron chi connectivity index (χ0n) is 16.3. The Morgan fingerprint density at radius 1 is 0.724 bits per heavy atom. The lowest BCUT2D eigenvalue weighted by molar-refractivity contribution is -0.109. The Labute approximate surface area is 168 Å². The van der Waals surface area contributed by atoms with Crippen LogP contribution in [0.5, 0.6) is 23.0 Å². The minimum Gasteiger partial charge on any atom is -0.497 e. The lowest BCUT2D eigenvalue weighted by Gasteiger charge is -2.31. The average Bonchev–Trinajstić information content (AvgIpc) is 3.06. The molecule has 1 aliphatic heterocycles. The number of ether oxygens (including phenoxy) is 5. The predicted octanol–water partition coefficient (Wildman–Crippen LogP) is 4.16. The van der Waals surface area contributed by atoms with Crippen molar-refractivity contribution in [3.8, 4) is 23.0 Å². The number of fused-ring (bicyclic) bond motifs is 1. The Bertz CT molecular complexity index is 1040. The summed E-state index contributed by atoms with van der Waals surface area (Å²) < 4.78 is 28.4. The second-order valence-electron chi connectivity index (χ2n) is 6.40. The van der Waals surface area contributed by atoms with Crippen molar-refractivity contribution in [2.24, 2.45) is 0 Å². The molecule has 0 fully saturated rings. The van der Waals surface area contributed by atoms with E-state index in [0.29, 0.717) is 39.7 Å². The monoisotopic (exact) mass is 392 g/mol. The first-order valence-electron chi connectivity index (χ1n) is 8.99. The molecule has 6 nitrogen and oxygen atoms in total. The largest absolute Gasteiger partial charge is 0.497 e. The summed E-state index contributed by atoms with van der Waals surface area (Å²) in [6, 6.07) is 19.5. The molecule has 1 aliphatic rings. The summed E-state index contributed by atoms with van der Waals surface area (Å²) in [5, 5.41) is 0. The van der Waals surface area contributed by atoms with Gasteiger partial charge in [-0.05, 0) is 54.6 Å². The van der Waals surface area contributed by atoms with Crippen LogP contribution in [0.25, 0.3) is 0 Å². The maximum absolute atomic E-state index is 12.7. The summed E-state index contributed by atoms with van der Waals surface area (Å²) >= 11 is 0. The third kappa shape index (κ3) is 3.12. The van der Waals surface area contributed by atoms with E-state index in [4.69, 9.17) is 23.7 Å². The van der Waals surface area contributed by atoms with Crippen LogP contribution in [0.15, 0.2) is 66.7 Å². The van der Waals surface area contributed by atoms with Crippen LogP contribution in [0.4, 0.5) is 0 Å². The van der Waals surface area contributed by atoms with Crippen molar-refractivity contribution in [3.63, 3.8) is 0 Å². The summed E-state index contributed by atoms with van der Waals surface area (Å²) in [7, 11) is 4.71. The quantitative estimate of drug-likeness (QED) is 0.587. The Morgan fingerprint density at radius 2 is 1.38 bits per heavy atom. The molecule has 1 unspecified atom stereocenters. The van der Waals surface area contributed by atoms with E-state index >= 15 is 0 Å². The van der Waals surface area contributed by atoms with Gasteiger partial charge < -0.3 is 23.7 Å². The van der Waals surface area contributed by atoms with Gasteiger partial charge in [-0.2, -0.15) is 0 Å². The highest BCUT2D eigenvalue weighted by Crippen LogP contribution is 2.47. The first kappa shape index (κ1) is 18.7. The van der Waals surface area contributed by atoms with E-state index in [1.165, 1.54) is 0 Å². The van der Waals surface area contributed by atoms with Gasteiger partial charge in [-0.25, -0.2) is 4.79 Å². The number of carbonyl (C=O) groups excluding carboxylic acids is 1. The first-order chi connectivity index (χ1) is 14.1. The fourth-order valence-corrected chi connectivity index (χ4v) is 3.40. The zero-order valence-corrected chi connectivity index (χ0v) is 16.3. The Kier molecular flexibility index (Phi) is 4.76. The van der Waals surface area contributed by atoms with Crippen molar-refractivity contribution in [3.05, 3.63) is 83.4 Å². The van der Waals surface area contributed by atoms with E-state index in [2.05, 4.69) is 0 Å². The number of rotatable bonds is 6. The van der Waals surface area contributed by atoms with Gasteiger partial charge in [0.15, 0.2) is 0 Å². The van der Waals surface area contributed by atoms with Crippen molar-refractivity contribution in [2.45, 2.75) is 5.79 Å². The molecule has 3 aromatic carbocycles. The van der Waals surface area contributed by atoms with Crippen LogP contribution >= 0.6 is 0 Å². The van der Waals surface area contributed by atoms with Crippen LogP contribution < -0.4 is 18.9 Å². The SMILES string of the molecule is COc1ccc(OC2(c3cc(OC)ccc3OC)OC(=O)c3ccccc32)cc1. The Hall–Kier alpha value is -3.67. The van der Waals surface area contributed by atoms with Crippen molar-refractivity contribution >= 4 is 5.97 Å². The van der Waals surface area contributed by atoms with Gasteiger partial charge in [0, 0.05) is 0 Å². The van der Waals surface area contributed by atoms with E-state index in [1.807, 2.05) is 12.1 Å². The van der Waals surface area contributed by atoms with Crippen molar-refractivity contribution in [1.82, 2.24) is 0 Å². The molecule has 148 valence electrons. The van der Waals surface area contributed by atoms with Gasteiger partial charge in [0.25, 0.3) is 0 Å². The highest BCUT2D eigenvalue weighted by molar-refractivity contribution is 5.95. The van der Waals surface area contributed by atoms with Crippen LogP contribution in [0.2, 0.25) is 0 Å². The molecule has 1 atom stereocenters. The van der Waals surface area contributed by atoms with Gasteiger partial charge in [-0.3, -0.25) is 0 Å². The third-order valence-electron chi connectivity index (χ3n) is 4.82. The lowest BCUT2D eigenvalue weighted by Crippen LogP contribution is -2.35. The molecule has 29 heavy (non-hydrogen) atoms. The minimum atomic E-state index is -1.53. The second-order valence-corrected chi connectivity index (χ2v) is 6.40. The molecule has 0 radical (unpaired) electrons. The number of benzene rings is 3. The van der Waals surface area contributed by atoms with Crippen LogP contribution in [-0.2, 0) is 10.5 Å². The Morgan fingerprint density at radius 3 is 2.07 bits per heavy atom. The second kappa shape index (κ2) is 7.39. The fraction of sp³-hybridized carbons (Fsp3) is 0.174. The molecular formula is C23H20O6. The summed E-state index contributed by atoms with van der Waals surface area (Å²) in [5.41, 5.74) is 1.55. The number of methoxy groups -OCH3 is 3. The van der Waals surface area contributed by atoms with E-state index in [1.54, 1.807) is 75.9 Å². The zero-order chi connectivity index (χ0) is 20.4. The van der Waals surface area contributed by atoms with Gasteiger partial charge >= 0.3 is 11.8 Å². The van der Waals surface area contributed by atoms with E-state index in [0.717, 1.165) is 0 Å². The molecule has 0 aromatic heterocycles. The standard InChI is InChI=1S/C23H20O6/c1-25-15-8-10-16(11-9-15)28-23(19-7-5-4-6-18(19)22(24)29-23)20-14-17(26-2)12-13-21(20)27-3/h4-14H,1-3H3. The van der Waals surface area contributed by atoms with Crippen molar-refractivity contribution in [2.75, 3.05) is 21.3 Å². The topological polar surface area (TPSA) is 63.2 Å². The summed E-state index contributed by atoms with van der Waals surface area (Å²) in [4.78, 5) is 12.7. The van der Waals surface area contributed by atoms with E-state index < -0.39 is 11.8 Å². The molecule has 3 aromatic rings. The molecule has 0 amide bonds. The van der Waals surface area contributed by atoms with Gasteiger partial charge in [0.05, 0.1) is 38.0 Å². The number of esters is 1. The summed E-state index contributed by atoms with van der Waals surface area (Å²) in [5.74, 6) is 0.276. The molecule has 1 heterocycles. The summed E-state index contributed by atoms with van der Waals surface area (Å²) in [6.45, 7) is 0. The maximum atomic E-state index is 12.7. The highest BCUT2D eigenvalue weighted by Gasteiger charge is 2.51. The molecule has 0 bridgehead atoms. The molecule has 0 spiro atoms.